The van der Waals surface area contributed by atoms with Gasteiger partial charge < -0.3 is 18.9 Å². The number of ketones is 1. The van der Waals surface area contributed by atoms with E-state index in [4.69, 9.17) is 9.47 Å². The van der Waals surface area contributed by atoms with Gasteiger partial charge in [0.1, 0.15) is 11.6 Å². The van der Waals surface area contributed by atoms with E-state index >= 15 is 0 Å². The molecule has 2 aliphatic heterocycles. The molecular formula is C35H46F2N2O6. The van der Waals surface area contributed by atoms with Crippen LogP contribution in [0.1, 0.15) is 130 Å². The summed E-state index contributed by atoms with van der Waals surface area (Å²) in [6, 6.07) is 2.95. The number of halogens is 2. The molecule has 1 aromatic heterocycles. The minimum Gasteiger partial charge on any atom is -0.420 e. The second-order valence-corrected chi connectivity index (χ2v) is 12.3. The van der Waals surface area contributed by atoms with Gasteiger partial charge in [-0.1, -0.05) is 77.2 Å². The first-order valence-corrected chi connectivity index (χ1v) is 16.6. The number of fused-ring (bicyclic) bond motifs is 2. The van der Waals surface area contributed by atoms with Crippen molar-refractivity contribution in [3.8, 4) is 5.75 Å². The maximum atomic E-state index is 14.2. The first-order chi connectivity index (χ1) is 21.7. The Kier molecular flexibility index (Phi) is 12.9. The molecule has 1 amide bonds. The third-order valence-corrected chi connectivity index (χ3v) is 8.80. The van der Waals surface area contributed by atoms with Crippen molar-refractivity contribution in [1.29, 1.82) is 0 Å². The summed E-state index contributed by atoms with van der Waals surface area (Å²) < 4.78 is 40.4. The number of carbonyl (C=O) groups excluding carboxylic acids is 3. The Morgan fingerprint density at radius 1 is 0.956 bits per heavy atom. The predicted molar refractivity (Wildman–Crippen MR) is 166 cm³/mol. The Hall–Kier alpha value is -3.40. The first-order valence-electron chi connectivity index (χ1n) is 16.6. The number of ether oxygens (including phenoxy) is 2. The van der Waals surface area contributed by atoms with Crippen LogP contribution in [-0.2, 0) is 22.5 Å². The van der Waals surface area contributed by atoms with Gasteiger partial charge in [0.25, 0.3) is 5.91 Å². The normalized spacial score (nSPS) is 17.6. The van der Waals surface area contributed by atoms with Gasteiger partial charge in [-0.25, -0.2) is 8.78 Å². The van der Waals surface area contributed by atoms with Gasteiger partial charge >= 0.3 is 5.97 Å². The fourth-order valence-electron chi connectivity index (χ4n) is 6.14. The number of rotatable bonds is 17. The van der Waals surface area contributed by atoms with Crippen molar-refractivity contribution in [2.75, 3.05) is 6.61 Å². The minimum atomic E-state index is -0.851. The van der Waals surface area contributed by atoms with Crippen molar-refractivity contribution in [3.05, 3.63) is 63.1 Å². The Morgan fingerprint density at radius 3 is 2.29 bits per heavy atom. The van der Waals surface area contributed by atoms with E-state index in [1.165, 1.54) is 61.8 Å². The third kappa shape index (κ3) is 9.08. The van der Waals surface area contributed by atoms with E-state index in [9.17, 15) is 28.0 Å². The monoisotopic (exact) mass is 628 g/mol. The number of amides is 1. The molecule has 4 rings (SSSR count). The van der Waals surface area contributed by atoms with Gasteiger partial charge in [-0.05, 0) is 37.8 Å². The summed E-state index contributed by atoms with van der Waals surface area (Å²) >= 11 is 0. The molecule has 1 saturated heterocycles. The van der Waals surface area contributed by atoms with Gasteiger partial charge in [-0.15, -0.1) is 0 Å². The zero-order valence-electron chi connectivity index (χ0n) is 26.6. The second kappa shape index (κ2) is 16.8. The Bertz CT molecular complexity index is 1410. The molecule has 0 bridgehead atoms. The van der Waals surface area contributed by atoms with Gasteiger partial charge in [0.15, 0.2) is 17.7 Å². The van der Waals surface area contributed by atoms with Gasteiger partial charge in [0.2, 0.25) is 11.2 Å². The summed E-state index contributed by atoms with van der Waals surface area (Å²) in [5.41, 5.74) is -1.06. The molecule has 8 nitrogen and oxygen atoms in total. The summed E-state index contributed by atoms with van der Waals surface area (Å²) in [6.45, 7) is 4.72. The van der Waals surface area contributed by atoms with E-state index in [0.717, 1.165) is 31.4 Å². The number of pyridine rings is 1. The van der Waals surface area contributed by atoms with Crippen molar-refractivity contribution in [3.63, 3.8) is 0 Å². The lowest BCUT2D eigenvalue weighted by Crippen LogP contribution is -2.57. The maximum Gasteiger partial charge on any atom is 0.311 e. The molecule has 3 heterocycles. The molecule has 10 heteroatoms. The molecule has 2 aromatic rings. The lowest BCUT2D eigenvalue weighted by Gasteiger charge is -2.44. The number of aromatic nitrogens is 1. The predicted octanol–water partition coefficient (Wildman–Crippen LogP) is 7.14. The quantitative estimate of drug-likeness (QED) is 0.105. The van der Waals surface area contributed by atoms with Crippen molar-refractivity contribution in [2.45, 2.75) is 129 Å². The smallest absolute Gasteiger partial charge is 0.311 e. The van der Waals surface area contributed by atoms with Crippen LogP contribution in [0.5, 0.6) is 5.75 Å². The average molecular weight is 629 g/mol. The topological polar surface area (TPSA) is 94.9 Å². The van der Waals surface area contributed by atoms with Crippen molar-refractivity contribution < 1.29 is 32.6 Å². The standard InChI is InChI=1S/C35H46F2N2O6/c1-3-4-5-6-7-8-9-10-11-12-13-14-31(41)45-34-32-35(43)39-24(2)19-20-44-30(39)23-38(32)22-27(33(34)42)29(40)18-16-25-15-17-26(36)21-28(25)37/h15,17,21-22,24,30H,3-14,16,18-20,23H2,1-2H3/t24-,30+/m0/s1. The van der Waals surface area contributed by atoms with Crippen LogP contribution in [0.25, 0.3) is 0 Å². The largest absolute Gasteiger partial charge is 0.420 e. The van der Waals surface area contributed by atoms with Gasteiger partial charge in [-0.3, -0.25) is 19.2 Å². The maximum absolute atomic E-state index is 14.2. The van der Waals surface area contributed by atoms with Crippen LogP contribution in [0.3, 0.4) is 0 Å². The fourth-order valence-corrected chi connectivity index (χ4v) is 6.14. The van der Waals surface area contributed by atoms with E-state index in [2.05, 4.69) is 6.92 Å². The molecule has 0 N–H and O–H groups in total. The van der Waals surface area contributed by atoms with Crippen LogP contribution in [-0.4, -0.2) is 46.0 Å². The average Bonchev–Trinajstić information content (AvgIpc) is 3.00. The lowest BCUT2D eigenvalue weighted by atomic mass is 10.0. The summed E-state index contributed by atoms with van der Waals surface area (Å²) in [7, 11) is 0. The van der Waals surface area contributed by atoms with Gasteiger partial charge in [0.05, 0.1) is 18.7 Å². The van der Waals surface area contributed by atoms with E-state index < -0.39 is 46.7 Å². The highest BCUT2D eigenvalue weighted by Gasteiger charge is 2.41. The summed E-state index contributed by atoms with van der Waals surface area (Å²) in [6.07, 6.45) is 13.5. The molecular weight excluding hydrogens is 582 g/mol. The van der Waals surface area contributed by atoms with Gasteiger partial charge in [0, 0.05) is 31.1 Å². The minimum absolute atomic E-state index is 0.0594. The number of hydrogen-bond donors (Lipinski definition) is 0. The Labute approximate surface area is 264 Å². The number of carbonyl (C=O) groups is 3. The molecule has 1 aromatic carbocycles. The number of esters is 1. The highest BCUT2D eigenvalue weighted by atomic mass is 19.1. The first kappa shape index (κ1) is 34.5. The van der Waals surface area contributed by atoms with Crippen LogP contribution in [0, 0.1) is 11.6 Å². The second-order valence-electron chi connectivity index (χ2n) is 12.3. The Balaban J connectivity index is 1.44. The van der Waals surface area contributed by atoms with Crippen LogP contribution in [0.15, 0.2) is 29.2 Å². The van der Waals surface area contributed by atoms with E-state index in [0.29, 0.717) is 19.4 Å². The van der Waals surface area contributed by atoms with E-state index in [1.807, 2.05) is 6.92 Å². The molecule has 0 radical (unpaired) electrons. The molecule has 0 spiro atoms. The fraction of sp³-hybridized carbons (Fsp3) is 0.600. The van der Waals surface area contributed by atoms with Crippen LogP contribution in [0.2, 0.25) is 0 Å². The number of unbranched alkanes of at least 4 members (excludes halogenated alkanes) is 10. The van der Waals surface area contributed by atoms with Crippen LogP contribution in [0.4, 0.5) is 8.78 Å². The SMILES string of the molecule is CCCCCCCCCCCCCC(=O)Oc1c2n(cc(C(=O)CCc3ccc(F)cc3F)c1=O)C[C@H]1OCC[C@H](C)N1C2=O. The molecule has 2 aliphatic rings. The highest BCUT2D eigenvalue weighted by molar-refractivity contribution is 6.00. The molecule has 0 unspecified atom stereocenters. The van der Waals surface area contributed by atoms with Crippen LogP contribution < -0.4 is 10.2 Å². The van der Waals surface area contributed by atoms with Crippen LogP contribution >= 0.6 is 0 Å². The van der Waals surface area contributed by atoms with Gasteiger partial charge in [-0.2, -0.15) is 0 Å². The van der Waals surface area contributed by atoms with Crippen molar-refractivity contribution in [2.24, 2.45) is 0 Å². The molecule has 246 valence electrons. The number of aryl methyl sites for hydroxylation is 1. The van der Waals surface area contributed by atoms with E-state index in [1.54, 1.807) is 4.90 Å². The molecule has 0 aliphatic carbocycles. The highest BCUT2D eigenvalue weighted by Crippen LogP contribution is 2.30. The molecule has 0 saturated carbocycles. The number of nitrogens with zero attached hydrogens (tertiary/aromatic N) is 2. The van der Waals surface area contributed by atoms with Crippen molar-refractivity contribution >= 4 is 17.7 Å². The zero-order chi connectivity index (χ0) is 32.3. The molecule has 45 heavy (non-hydrogen) atoms. The summed E-state index contributed by atoms with van der Waals surface area (Å²) in [4.78, 5) is 55.1. The molecule has 1 fully saturated rings. The number of benzene rings is 1. The van der Waals surface area contributed by atoms with Crippen molar-refractivity contribution in [1.82, 2.24) is 9.47 Å². The summed E-state index contributed by atoms with van der Waals surface area (Å²) in [5.74, 6) is -3.70. The number of Topliss-reactive ketones (excluding diaryl/α,β-unsaturated/α-hetero) is 1. The van der Waals surface area contributed by atoms with E-state index in [-0.39, 0.29) is 48.7 Å². The summed E-state index contributed by atoms with van der Waals surface area (Å²) in [5, 5.41) is 0. The third-order valence-electron chi connectivity index (χ3n) is 8.80. The zero-order valence-corrected chi connectivity index (χ0v) is 26.6. The Morgan fingerprint density at radius 2 is 1.62 bits per heavy atom. The molecule has 2 atom stereocenters. The lowest BCUT2D eigenvalue weighted by molar-refractivity contribution is -0.134. The number of hydrogen-bond acceptors (Lipinski definition) is 6.